The highest BCUT2D eigenvalue weighted by Crippen LogP contribution is 2.30. The van der Waals surface area contributed by atoms with Gasteiger partial charge in [0.25, 0.3) is 0 Å². The summed E-state index contributed by atoms with van der Waals surface area (Å²) in [6, 6.07) is 5.77. The Hall–Kier alpha value is -1.07. The average Bonchev–Trinajstić information content (AvgIpc) is 2.32. The van der Waals surface area contributed by atoms with E-state index in [1.54, 1.807) is 0 Å². The molecule has 5 heteroatoms. The molecule has 0 unspecified atom stereocenters. The van der Waals surface area contributed by atoms with E-state index in [1.165, 1.54) is 0 Å². The highest BCUT2D eigenvalue weighted by Gasteiger charge is 2.37. The Morgan fingerprint density at radius 1 is 1.50 bits per heavy atom. The van der Waals surface area contributed by atoms with Crippen LogP contribution >= 0.6 is 15.9 Å². The molecule has 0 radical (unpaired) electrons. The first kappa shape index (κ1) is 13.4. The van der Waals surface area contributed by atoms with Crippen LogP contribution in [-0.4, -0.2) is 29.6 Å². The summed E-state index contributed by atoms with van der Waals surface area (Å²) in [5, 5.41) is 12.0. The zero-order valence-corrected chi connectivity index (χ0v) is 12.1. The fraction of sp³-hybridized carbons (Fsp3) is 0.462. The molecule has 1 aliphatic heterocycles. The molecule has 1 aromatic rings. The number of aliphatic hydroxyl groups is 1. The molecule has 1 heterocycles. The lowest BCUT2D eigenvalue weighted by molar-refractivity contribution is -0.126. The molecule has 1 saturated heterocycles. The molecular weight excluding hydrogens is 296 g/mol. The first-order chi connectivity index (χ1) is 8.46. The molecule has 0 aliphatic carbocycles. The van der Waals surface area contributed by atoms with Gasteiger partial charge in [0.2, 0.25) is 5.91 Å². The highest BCUT2D eigenvalue weighted by atomic mass is 79.9. The van der Waals surface area contributed by atoms with Gasteiger partial charge in [-0.25, -0.2) is 0 Å². The molecule has 0 spiro atoms. The van der Waals surface area contributed by atoms with Gasteiger partial charge in [0.15, 0.2) is 0 Å². The lowest BCUT2D eigenvalue weighted by atomic mass is 9.97. The molecule has 1 fully saturated rings. The van der Waals surface area contributed by atoms with Crippen LogP contribution in [0.5, 0.6) is 0 Å². The predicted molar refractivity (Wildman–Crippen MR) is 74.5 cm³/mol. The first-order valence-corrected chi connectivity index (χ1v) is 6.71. The molecule has 98 valence electrons. The van der Waals surface area contributed by atoms with Crippen LogP contribution in [0.4, 0.5) is 5.69 Å². The highest BCUT2D eigenvalue weighted by molar-refractivity contribution is 9.10. The van der Waals surface area contributed by atoms with Crippen molar-refractivity contribution in [3.63, 3.8) is 0 Å². The monoisotopic (exact) mass is 312 g/mol. The SMILES string of the molecule is CC1(C)C(=O)NCCN1c1ccc(CO)c(Br)c1. The Morgan fingerprint density at radius 2 is 2.22 bits per heavy atom. The quantitative estimate of drug-likeness (QED) is 0.873. The van der Waals surface area contributed by atoms with Crippen molar-refractivity contribution in [3.05, 3.63) is 28.2 Å². The van der Waals surface area contributed by atoms with E-state index < -0.39 is 5.54 Å². The van der Waals surface area contributed by atoms with Crippen LogP contribution < -0.4 is 10.2 Å². The molecule has 18 heavy (non-hydrogen) atoms. The van der Waals surface area contributed by atoms with Gasteiger partial charge in [-0.3, -0.25) is 4.79 Å². The standard InChI is InChI=1S/C13H17BrN2O2/c1-13(2)12(18)15-5-6-16(13)10-4-3-9(8-17)11(14)7-10/h3-4,7,17H,5-6,8H2,1-2H3,(H,15,18). The molecule has 0 aromatic heterocycles. The zero-order chi connectivity index (χ0) is 13.3. The maximum atomic E-state index is 11.9. The summed E-state index contributed by atoms with van der Waals surface area (Å²) in [6.07, 6.45) is 0. The van der Waals surface area contributed by atoms with E-state index >= 15 is 0 Å². The molecule has 4 nitrogen and oxygen atoms in total. The summed E-state index contributed by atoms with van der Waals surface area (Å²) in [6.45, 7) is 5.26. The second kappa shape index (κ2) is 4.90. The Balaban J connectivity index is 2.36. The van der Waals surface area contributed by atoms with Gasteiger partial charge in [-0.2, -0.15) is 0 Å². The summed E-state index contributed by atoms with van der Waals surface area (Å²) in [5.74, 6) is 0.0381. The van der Waals surface area contributed by atoms with Gasteiger partial charge >= 0.3 is 0 Å². The number of halogens is 1. The van der Waals surface area contributed by atoms with Crippen LogP contribution in [0.3, 0.4) is 0 Å². The Bertz CT molecular complexity index is 474. The fourth-order valence-electron chi connectivity index (χ4n) is 2.18. The number of amides is 1. The third-order valence-corrected chi connectivity index (χ3v) is 4.11. The summed E-state index contributed by atoms with van der Waals surface area (Å²) >= 11 is 3.44. The number of carbonyl (C=O) groups is 1. The van der Waals surface area contributed by atoms with E-state index in [2.05, 4.69) is 26.1 Å². The van der Waals surface area contributed by atoms with Gasteiger partial charge in [0.1, 0.15) is 5.54 Å². The first-order valence-electron chi connectivity index (χ1n) is 5.92. The molecule has 1 aromatic carbocycles. The van der Waals surface area contributed by atoms with Crippen molar-refractivity contribution in [2.75, 3.05) is 18.0 Å². The molecule has 1 aliphatic rings. The van der Waals surface area contributed by atoms with E-state index in [0.29, 0.717) is 6.54 Å². The van der Waals surface area contributed by atoms with Gasteiger partial charge in [0, 0.05) is 23.2 Å². The van der Waals surface area contributed by atoms with E-state index in [-0.39, 0.29) is 12.5 Å². The number of hydrogen-bond acceptors (Lipinski definition) is 3. The van der Waals surface area contributed by atoms with E-state index in [0.717, 1.165) is 22.3 Å². The molecule has 0 bridgehead atoms. The fourth-order valence-corrected chi connectivity index (χ4v) is 2.68. The largest absolute Gasteiger partial charge is 0.392 e. The maximum Gasteiger partial charge on any atom is 0.245 e. The molecule has 0 saturated carbocycles. The van der Waals surface area contributed by atoms with Crippen molar-refractivity contribution in [3.8, 4) is 0 Å². The Kier molecular flexibility index (Phi) is 3.64. The van der Waals surface area contributed by atoms with Gasteiger partial charge in [-0.05, 0) is 31.5 Å². The van der Waals surface area contributed by atoms with Gasteiger partial charge in [-0.15, -0.1) is 0 Å². The number of rotatable bonds is 2. The molecule has 1 amide bonds. The lowest BCUT2D eigenvalue weighted by Gasteiger charge is -2.43. The van der Waals surface area contributed by atoms with Gasteiger partial charge in [-0.1, -0.05) is 22.0 Å². The molecule has 2 N–H and O–H groups in total. The van der Waals surface area contributed by atoms with Crippen LogP contribution in [0.25, 0.3) is 0 Å². The van der Waals surface area contributed by atoms with Crippen LogP contribution in [0, 0.1) is 0 Å². The number of aliphatic hydroxyl groups excluding tert-OH is 1. The van der Waals surface area contributed by atoms with Crippen molar-refractivity contribution in [2.45, 2.75) is 26.0 Å². The van der Waals surface area contributed by atoms with Crippen LogP contribution in [0.2, 0.25) is 0 Å². The van der Waals surface area contributed by atoms with E-state index in [1.807, 2.05) is 32.0 Å². The van der Waals surface area contributed by atoms with Crippen molar-refractivity contribution in [1.29, 1.82) is 0 Å². The molecule has 2 rings (SSSR count). The normalized spacial score (nSPS) is 18.7. The number of nitrogens with one attached hydrogen (secondary N) is 1. The van der Waals surface area contributed by atoms with Crippen molar-refractivity contribution in [2.24, 2.45) is 0 Å². The summed E-state index contributed by atoms with van der Waals surface area (Å²) in [4.78, 5) is 14.0. The minimum absolute atomic E-state index is 0.00470. The summed E-state index contributed by atoms with van der Waals surface area (Å²) in [5.41, 5.74) is 1.27. The minimum atomic E-state index is -0.557. The lowest BCUT2D eigenvalue weighted by Crippen LogP contribution is -2.62. The third kappa shape index (κ3) is 2.24. The smallest absolute Gasteiger partial charge is 0.245 e. The van der Waals surface area contributed by atoms with Gasteiger partial charge in [0.05, 0.1) is 6.61 Å². The van der Waals surface area contributed by atoms with E-state index in [4.69, 9.17) is 5.11 Å². The maximum absolute atomic E-state index is 11.9. The number of hydrogen-bond donors (Lipinski definition) is 2. The van der Waals surface area contributed by atoms with Crippen LogP contribution in [0.1, 0.15) is 19.4 Å². The van der Waals surface area contributed by atoms with Crippen molar-refractivity contribution >= 4 is 27.5 Å². The van der Waals surface area contributed by atoms with Gasteiger partial charge < -0.3 is 15.3 Å². The average molecular weight is 313 g/mol. The number of piperazine rings is 1. The molecule has 0 atom stereocenters. The Labute approximate surface area is 115 Å². The second-order valence-corrected chi connectivity index (χ2v) is 5.75. The van der Waals surface area contributed by atoms with Crippen LogP contribution in [0.15, 0.2) is 22.7 Å². The Morgan fingerprint density at radius 3 is 2.83 bits per heavy atom. The molecular formula is C13H17BrN2O2. The van der Waals surface area contributed by atoms with Crippen molar-refractivity contribution in [1.82, 2.24) is 5.32 Å². The summed E-state index contributed by atoms with van der Waals surface area (Å²) < 4.78 is 0.865. The number of anilines is 1. The predicted octanol–water partition coefficient (Wildman–Crippen LogP) is 1.66. The zero-order valence-electron chi connectivity index (χ0n) is 10.5. The topological polar surface area (TPSA) is 52.6 Å². The number of carbonyl (C=O) groups excluding carboxylic acids is 1. The number of nitrogens with zero attached hydrogens (tertiary/aromatic N) is 1. The third-order valence-electron chi connectivity index (χ3n) is 3.37. The second-order valence-electron chi connectivity index (χ2n) is 4.90. The van der Waals surface area contributed by atoms with Crippen LogP contribution in [-0.2, 0) is 11.4 Å². The summed E-state index contributed by atoms with van der Waals surface area (Å²) in [7, 11) is 0. The minimum Gasteiger partial charge on any atom is -0.392 e. The van der Waals surface area contributed by atoms with E-state index in [9.17, 15) is 4.79 Å². The number of benzene rings is 1. The van der Waals surface area contributed by atoms with Crippen molar-refractivity contribution < 1.29 is 9.90 Å².